The fraction of sp³-hybridized carbons (Fsp3) is 0.250. The molecule has 0 heterocycles. The van der Waals surface area contributed by atoms with Gasteiger partial charge in [-0.2, -0.15) is 0 Å². The maximum atomic E-state index is 12.8. The molecule has 3 rings (SSSR count). The maximum Gasteiger partial charge on any atom is 0.123 e. The van der Waals surface area contributed by atoms with Crippen LogP contribution < -0.4 is 4.74 Å². The normalized spacial score (nSPS) is 16.1. The third kappa shape index (κ3) is 2.93. The Morgan fingerprint density at radius 3 is 2.00 bits per heavy atom. The van der Waals surface area contributed by atoms with Crippen molar-refractivity contribution < 1.29 is 14.2 Å². The predicted molar refractivity (Wildman–Crippen MR) is 70.6 cm³/mol. The number of aliphatic hydroxyl groups is 1. The lowest BCUT2D eigenvalue weighted by molar-refractivity contribution is 0.220. The molecule has 1 atom stereocenters. The van der Waals surface area contributed by atoms with Crippen molar-refractivity contribution in [2.45, 2.75) is 25.0 Å². The van der Waals surface area contributed by atoms with E-state index in [2.05, 4.69) is 0 Å². The van der Waals surface area contributed by atoms with Crippen LogP contribution in [0.1, 0.15) is 30.1 Å². The van der Waals surface area contributed by atoms with Gasteiger partial charge in [0.1, 0.15) is 17.7 Å². The van der Waals surface area contributed by atoms with E-state index < -0.39 is 6.10 Å². The van der Waals surface area contributed by atoms with E-state index in [0.717, 1.165) is 24.2 Å². The zero-order valence-corrected chi connectivity index (χ0v) is 10.4. The van der Waals surface area contributed by atoms with Gasteiger partial charge in [-0.05, 0) is 48.2 Å². The van der Waals surface area contributed by atoms with Gasteiger partial charge in [0.05, 0.1) is 6.10 Å². The van der Waals surface area contributed by atoms with Crippen LogP contribution in [-0.4, -0.2) is 11.2 Å². The minimum atomic E-state index is -0.740. The highest BCUT2D eigenvalue weighted by Gasteiger charge is 2.23. The standard InChI is InChI=1S/C16H15FO2/c17-13-5-1-11(2-6-13)16(18)12-3-7-14(8-4-12)19-15-9-10-15/h1-8,15-16,18H,9-10H2. The van der Waals surface area contributed by atoms with E-state index in [9.17, 15) is 9.50 Å². The van der Waals surface area contributed by atoms with Gasteiger partial charge >= 0.3 is 0 Å². The first-order valence-corrected chi connectivity index (χ1v) is 6.42. The first-order chi connectivity index (χ1) is 9.22. The van der Waals surface area contributed by atoms with Crippen LogP contribution in [0.3, 0.4) is 0 Å². The highest BCUT2D eigenvalue weighted by Crippen LogP contribution is 2.28. The highest BCUT2D eigenvalue weighted by atomic mass is 19.1. The molecule has 0 saturated heterocycles. The molecule has 1 aliphatic carbocycles. The van der Waals surface area contributed by atoms with Gasteiger partial charge in [0.25, 0.3) is 0 Å². The summed E-state index contributed by atoms with van der Waals surface area (Å²) in [5.74, 6) is 0.529. The molecule has 98 valence electrons. The molecular formula is C16H15FO2. The van der Waals surface area contributed by atoms with E-state index in [1.54, 1.807) is 12.1 Å². The average Bonchev–Trinajstić information content (AvgIpc) is 3.24. The zero-order chi connectivity index (χ0) is 13.2. The van der Waals surface area contributed by atoms with E-state index in [1.165, 1.54) is 12.1 Å². The van der Waals surface area contributed by atoms with Crippen molar-refractivity contribution in [3.05, 3.63) is 65.5 Å². The lowest BCUT2D eigenvalue weighted by Gasteiger charge is -2.12. The summed E-state index contributed by atoms with van der Waals surface area (Å²) in [5, 5.41) is 10.2. The molecule has 1 unspecified atom stereocenters. The SMILES string of the molecule is OC(c1ccc(F)cc1)c1ccc(OC2CC2)cc1. The summed E-state index contributed by atoms with van der Waals surface area (Å²) in [6.45, 7) is 0. The van der Waals surface area contributed by atoms with Crippen molar-refractivity contribution in [1.29, 1.82) is 0 Å². The summed E-state index contributed by atoms with van der Waals surface area (Å²) in [6.07, 6.45) is 1.88. The summed E-state index contributed by atoms with van der Waals surface area (Å²) < 4.78 is 18.5. The van der Waals surface area contributed by atoms with Crippen molar-refractivity contribution in [2.24, 2.45) is 0 Å². The average molecular weight is 258 g/mol. The summed E-state index contributed by atoms with van der Waals surface area (Å²) in [6, 6.07) is 13.3. The first kappa shape index (κ1) is 12.2. The fourth-order valence-electron chi connectivity index (χ4n) is 1.94. The Labute approximate surface area is 111 Å². The van der Waals surface area contributed by atoms with Gasteiger partial charge in [0.2, 0.25) is 0 Å². The van der Waals surface area contributed by atoms with Crippen LogP contribution in [0.25, 0.3) is 0 Å². The number of aliphatic hydroxyl groups excluding tert-OH is 1. The van der Waals surface area contributed by atoms with Crippen molar-refractivity contribution in [1.82, 2.24) is 0 Å². The third-order valence-corrected chi connectivity index (χ3v) is 3.21. The van der Waals surface area contributed by atoms with Crippen molar-refractivity contribution >= 4 is 0 Å². The van der Waals surface area contributed by atoms with E-state index in [4.69, 9.17) is 4.74 Å². The zero-order valence-electron chi connectivity index (χ0n) is 10.4. The Morgan fingerprint density at radius 2 is 1.47 bits per heavy atom. The minimum absolute atomic E-state index is 0.302. The van der Waals surface area contributed by atoms with Crippen molar-refractivity contribution in [3.8, 4) is 5.75 Å². The van der Waals surface area contributed by atoms with Gasteiger partial charge in [-0.3, -0.25) is 0 Å². The quantitative estimate of drug-likeness (QED) is 0.910. The van der Waals surface area contributed by atoms with Crippen LogP contribution in [0, 0.1) is 5.82 Å². The minimum Gasteiger partial charge on any atom is -0.490 e. The maximum absolute atomic E-state index is 12.8. The van der Waals surface area contributed by atoms with Crippen LogP contribution in [-0.2, 0) is 0 Å². The summed E-state index contributed by atoms with van der Waals surface area (Å²) in [5.41, 5.74) is 1.45. The number of rotatable bonds is 4. The summed E-state index contributed by atoms with van der Waals surface area (Å²) >= 11 is 0. The van der Waals surface area contributed by atoms with Crippen molar-refractivity contribution in [2.75, 3.05) is 0 Å². The third-order valence-electron chi connectivity index (χ3n) is 3.21. The molecule has 3 heteroatoms. The summed E-state index contributed by atoms with van der Waals surface area (Å²) in [7, 11) is 0. The number of halogens is 1. The lowest BCUT2D eigenvalue weighted by atomic mass is 10.0. The van der Waals surface area contributed by atoms with Crippen LogP contribution >= 0.6 is 0 Å². The molecule has 1 N–H and O–H groups in total. The number of benzene rings is 2. The predicted octanol–water partition coefficient (Wildman–Crippen LogP) is 3.45. The molecular weight excluding hydrogens is 243 g/mol. The molecule has 0 aliphatic heterocycles. The molecule has 19 heavy (non-hydrogen) atoms. The molecule has 0 spiro atoms. The largest absolute Gasteiger partial charge is 0.490 e. The molecule has 1 saturated carbocycles. The Morgan fingerprint density at radius 1 is 0.947 bits per heavy atom. The van der Waals surface area contributed by atoms with Crippen LogP contribution in [0.5, 0.6) is 5.75 Å². The van der Waals surface area contributed by atoms with Crippen LogP contribution in [0.2, 0.25) is 0 Å². The van der Waals surface area contributed by atoms with Gasteiger partial charge < -0.3 is 9.84 Å². The van der Waals surface area contributed by atoms with Gasteiger partial charge in [-0.25, -0.2) is 4.39 Å². The topological polar surface area (TPSA) is 29.5 Å². The number of hydrogen-bond donors (Lipinski definition) is 1. The van der Waals surface area contributed by atoms with E-state index in [0.29, 0.717) is 11.7 Å². The van der Waals surface area contributed by atoms with E-state index in [1.807, 2.05) is 24.3 Å². The van der Waals surface area contributed by atoms with E-state index in [-0.39, 0.29) is 5.82 Å². The molecule has 0 amide bonds. The Kier molecular flexibility index (Phi) is 3.22. The molecule has 2 aromatic carbocycles. The van der Waals surface area contributed by atoms with Crippen LogP contribution in [0.4, 0.5) is 4.39 Å². The smallest absolute Gasteiger partial charge is 0.123 e. The van der Waals surface area contributed by atoms with Crippen molar-refractivity contribution in [3.63, 3.8) is 0 Å². The lowest BCUT2D eigenvalue weighted by Crippen LogP contribution is -2.00. The monoisotopic (exact) mass is 258 g/mol. The number of ether oxygens (including phenoxy) is 1. The second-order valence-electron chi connectivity index (χ2n) is 4.84. The van der Waals surface area contributed by atoms with Gasteiger partial charge in [0, 0.05) is 0 Å². The molecule has 1 fully saturated rings. The van der Waals surface area contributed by atoms with Gasteiger partial charge in [-0.15, -0.1) is 0 Å². The highest BCUT2D eigenvalue weighted by molar-refractivity contribution is 5.34. The molecule has 0 bridgehead atoms. The Balaban J connectivity index is 1.75. The number of hydrogen-bond acceptors (Lipinski definition) is 2. The van der Waals surface area contributed by atoms with Crippen LogP contribution in [0.15, 0.2) is 48.5 Å². The molecule has 2 aromatic rings. The Bertz CT molecular complexity index is 544. The van der Waals surface area contributed by atoms with Gasteiger partial charge in [0.15, 0.2) is 0 Å². The van der Waals surface area contributed by atoms with E-state index >= 15 is 0 Å². The molecule has 2 nitrogen and oxygen atoms in total. The first-order valence-electron chi connectivity index (χ1n) is 6.42. The second-order valence-corrected chi connectivity index (χ2v) is 4.84. The summed E-state index contributed by atoms with van der Waals surface area (Å²) in [4.78, 5) is 0. The Hall–Kier alpha value is -1.87. The molecule has 1 aliphatic rings. The second kappa shape index (κ2) is 5.02. The molecule has 0 radical (unpaired) electrons. The fourth-order valence-corrected chi connectivity index (χ4v) is 1.94. The molecule has 0 aromatic heterocycles. The van der Waals surface area contributed by atoms with Gasteiger partial charge in [-0.1, -0.05) is 24.3 Å².